The van der Waals surface area contributed by atoms with Crippen LogP contribution in [0.1, 0.15) is 11.6 Å². The second-order valence-electron chi connectivity index (χ2n) is 6.22. The van der Waals surface area contributed by atoms with Crippen molar-refractivity contribution in [2.24, 2.45) is 0 Å². The second-order valence-corrected chi connectivity index (χ2v) is 6.99. The number of anilines is 1. The van der Waals surface area contributed by atoms with Gasteiger partial charge in [0.05, 0.1) is 10.6 Å². The van der Waals surface area contributed by atoms with Crippen molar-refractivity contribution >= 4 is 34.8 Å². The van der Waals surface area contributed by atoms with Crippen LogP contribution >= 0.6 is 23.2 Å². The summed E-state index contributed by atoms with van der Waals surface area (Å²) in [4.78, 5) is 7.88. The Labute approximate surface area is 177 Å². The van der Waals surface area contributed by atoms with E-state index in [-0.39, 0.29) is 38.5 Å². The molecular formula is C19H11Cl2F4N5. The van der Waals surface area contributed by atoms with Gasteiger partial charge in [-0.15, -0.1) is 0 Å². The summed E-state index contributed by atoms with van der Waals surface area (Å²) in [5.74, 6) is -1.09. The third-order valence-electron chi connectivity index (χ3n) is 4.34. The molecule has 0 aliphatic rings. The molecule has 4 aromatic rings. The summed E-state index contributed by atoms with van der Waals surface area (Å²) in [7, 11) is 0. The molecule has 0 fully saturated rings. The molecule has 0 spiro atoms. The van der Waals surface area contributed by atoms with Crippen LogP contribution in [0.15, 0.2) is 54.9 Å². The fourth-order valence-electron chi connectivity index (χ4n) is 3.04. The number of fused-ring (bicyclic) bond motifs is 1. The minimum atomic E-state index is -4.69. The Morgan fingerprint density at radius 1 is 0.967 bits per heavy atom. The summed E-state index contributed by atoms with van der Waals surface area (Å²) in [5, 5.41) is 6.01. The number of rotatable bonds is 4. The molecule has 0 aliphatic heterocycles. The van der Waals surface area contributed by atoms with E-state index in [1.165, 1.54) is 36.4 Å². The van der Waals surface area contributed by atoms with Crippen LogP contribution in [0.5, 0.6) is 0 Å². The first-order valence-electron chi connectivity index (χ1n) is 8.49. The highest BCUT2D eigenvalue weighted by molar-refractivity contribution is 6.36. The Balaban J connectivity index is 1.99. The zero-order chi connectivity index (χ0) is 21.5. The highest BCUT2D eigenvalue weighted by atomic mass is 35.5. The highest BCUT2D eigenvalue weighted by Gasteiger charge is 2.42. The maximum atomic E-state index is 14.7. The fraction of sp³-hybridized carbons (Fsp3) is 0.105. The van der Waals surface area contributed by atoms with Crippen LogP contribution in [0.25, 0.3) is 16.9 Å². The first-order chi connectivity index (χ1) is 14.3. The van der Waals surface area contributed by atoms with Gasteiger partial charge in [-0.2, -0.15) is 32.8 Å². The summed E-state index contributed by atoms with van der Waals surface area (Å²) in [6, 6.07) is 8.94. The van der Waals surface area contributed by atoms with Crippen LogP contribution in [0.4, 0.5) is 23.4 Å². The lowest BCUT2D eigenvalue weighted by atomic mass is 10.0. The highest BCUT2D eigenvalue weighted by Crippen LogP contribution is 2.43. The second kappa shape index (κ2) is 7.73. The van der Waals surface area contributed by atoms with Gasteiger partial charge in [0.1, 0.15) is 29.2 Å². The quantitative estimate of drug-likeness (QED) is 0.305. The minimum absolute atomic E-state index is 0.0514. The van der Waals surface area contributed by atoms with Crippen LogP contribution < -0.4 is 5.32 Å². The number of nitrogens with zero attached hydrogens (tertiary/aromatic N) is 4. The van der Waals surface area contributed by atoms with Crippen molar-refractivity contribution in [2.45, 2.75) is 12.2 Å². The summed E-state index contributed by atoms with van der Waals surface area (Å²) in [5.41, 5.74) is -0.426. The average molecular weight is 456 g/mol. The van der Waals surface area contributed by atoms with Gasteiger partial charge in [0.25, 0.3) is 5.78 Å². The van der Waals surface area contributed by atoms with Crippen molar-refractivity contribution in [2.75, 3.05) is 5.32 Å². The first-order valence-corrected chi connectivity index (χ1v) is 9.24. The summed E-state index contributed by atoms with van der Waals surface area (Å²) < 4.78 is 57.5. The van der Waals surface area contributed by atoms with Crippen LogP contribution in [0.3, 0.4) is 0 Å². The van der Waals surface area contributed by atoms with Crippen LogP contribution in [-0.2, 0) is 0 Å². The van der Waals surface area contributed by atoms with E-state index >= 15 is 0 Å². The molecule has 0 radical (unpaired) electrons. The molecule has 0 saturated carbocycles. The van der Waals surface area contributed by atoms with E-state index in [4.69, 9.17) is 23.2 Å². The van der Waals surface area contributed by atoms with E-state index in [0.29, 0.717) is 0 Å². The number of alkyl halides is 3. The van der Waals surface area contributed by atoms with Gasteiger partial charge in [0, 0.05) is 5.56 Å². The van der Waals surface area contributed by atoms with E-state index in [1.54, 1.807) is 6.07 Å². The van der Waals surface area contributed by atoms with E-state index in [2.05, 4.69) is 20.4 Å². The molecule has 0 saturated heterocycles. The number of nitrogens with one attached hydrogen (secondary N) is 1. The lowest BCUT2D eigenvalue weighted by Gasteiger charge is -2.25. The van der Waals surface area contributed by atoms with E-state index in [0.717, 1.165) is 16.9 Å². The van der Waals surface area contributed by atoms with Crippen molar-refractivity contribution < 1.29 is 17.6 Å². The summed E-state index contributed by atoms with van der Waals surface area (Å²) in [6.07, 6.45) is -3.60. The van der Waals surface area contributed by atoms with Crippen molar-refractivity contribution in [1.29, 1.82) is 0 Å². The molecule has 2 heterocycles. The number of aromatic nitrogens is 4. The lowest BCUT2D eigenvalue weighted by Crippen LogP contribution is -2.29. The van der Waals surface area contributed by atoms with E-state index in [9.17, 15) is 17.6 Å². The van der Waals surface area contributed by atoms with Crippen molar-refractivity contribution in [3.8, 4) is 11.1 Å². The standard InChI is InChI=1S/C19H11Cl2F4N5/c20-11-7-4-8-12(22)13(11)14-16(21)29-18-26-9-27-30(18)17(14)28-15(19(23,24)25)10-5-2-1-3-6-10/h1-9,15,28H. The van der Waals surface area contributed by atoms with Gasteiger partial charge in [-0.1, -0.05) is 59.6 Å². The molecule has 1 atom stereocenters. The molecular weight excluding hydrogens is 445 g/mol. The molecule has 0 bridgehead atoms. The minimum Gasteiger partial charge on any atom is -0.354 e. The predicted octanol–water partition coefficient (Wildman–Crippen LogP) is 5.95. The van der Waals surface area contributed by atoms with E-state index in [1.807, 2.05) is 0 Å². The maximum Gasteiger partial charge on any atom is 0.412 e. The number of halogens is 6. The molecule has 5 nitrogen and oxygen atoms in total. The molecule has 11 heteroatoms. The number of hydrogen-bond acceptors (Lipinski definition) is 4. The monoisotopic (exact) mass is 455 g/mol. The van der Waals surface area contributed by atoms with Gasteiger partial charge in [-0.05, 0) is 17.7 Å². The molecule has 30 heavy (non-hydrogen) atoms. The molecule has 1 N–H and O–H groups in total. The molecule has 1 unspecified atom stereocenters. The predicted molar refractivity (Wildman–Crippen MR) is 105 cm³/mol. The van der Waals surface area contributed by atoms with Gasteiger partial charge >= 0.3 is 6.18 Å². The zero-order valence-electron chi connectivity index (χ0n) is 14.8. The third-order valence-corrected chi connectivity index (χ3v) is 4.93. The molecule has 154 valence electrons. The Bertz CT molecular complexity index is 1190. The first kappa shape index (κ1) is 20.4. The largest absolute Gasteiger partial charge is 0.412 e. The van der Waals surface area contributed by atoms with Crippen molar-refractivity contribution in [3.05, 3.63) is 76.4 Å². The molecule has 2 aromatic carbocycles. The Morgan fingerprint density at radius 3 is 2.37 bits per heavy atom. The van der Waals surface area contributed by atoms with Gasteiger partial charge in [-0.25, -0.2) is 4.39 Å². The molecule has 4 rings (SSSR count). The summed E-state index contributed by atoms with van der Waals surface area (Å²) in [6.45, 7) is 0. The molecule has 2 aromatic heterocycles. The topological polar surface area (TPSA) is 55.1 Å². The number of benzene rings is 2. The molecule has 0 amide bonds. The van der Waals surface area contributed by atoms with Gasteiger partial charge in [0.2, 0.25) is 0 Å². The van der Waals surface area contributed by atoms with Gasteiger partial charge in [-0.3, -0.25) is 0 Å². The van der Waals surface area contributed by atoms with Gasteiger partial charge < -0.3 is 5.32 Å². The van der Waals surface area contributed by atoms with Crippen molar-refractivity contribution in [3.63, 3.8) is 0 Å². The van der Waals surface area contributed by atoms with Gasteiger partial charge in [0.15, 0.2) is 0 Å². The molecule has 0 aliphatic carbocycles. The summed E-state index contributed by atoms with van der Waals surface area (Å²) >= 11 is 12.4. The van der Waals surface area contributed by atoms with Crippen LogP contribution in [-0.4, -0.2) is 25.8 Å². The third kappa shape index (κ3) is 3.66. The normalized spacial score (nSPS) is 12.9. The Morgan fingerprint density at radius 2 is 1.70 bits per heavy atom. The van der Waals surface area contributed by atoms with Crippen LogP contribution in [0.2, 0.25) is 10.2 Å². The van der Waals surface area contributed by atoms with Crippen LogP contribution in [0, 0.1) is 5.82 Å². The maximum absolute atomic E-state index is 14.7. The Hall–Kier alpha value is -2.91. The zero-order valence-corrected chi connectivity index (χ0v) is 16.3. The van der Waals surface area contributed by atoms with E-state index < -0.39 is 18.0 Å². The van der Waals surface area contributed by atoms with Crippen molar-refractivity contribution in [1.82, 2.24) is 19.6 Å². The number of hydrogen-bond donors (Lipinski definition) is 1. The fourth-order valence-corrected chi connectivity index (χ4v) is 3.56. The lowest BCUT2D eigenvalue weighted by molar-refractivity contribution is -0.144. The smallest absolute Gasteiger partial charge is 0.354 e. The Kier molecular flexibility index (Phi) is 5.25. The average Bonchev–Trinajstić information content (AvgIpc) is 3.15. The SMILES string of the molecule is Fc1cccc(Cl)c1-c1c(Cl)nc2ncnn2c1NC(c1ccccc1)C(F)(F)F.